The average molecular weight is 890 g/mol. The van der Waals surface area contributed by atoms with Crippen molar-refractivity contribution in [2.24, 2.45) is 0 Å². The SMILES string of the molecule is CC(C)(C)c1cc2c(cc1C(C)(C)C)-c1cc(C(C)(C)C)c(C(C)(C)C)[c]([Hf](=[SiH2])([C]3=CC=CC3)([c]3ccccc3)[c]3ccccc3)c1C2.Cl.Cl. The Bertz CT molecular complexity index is 1990. The fraction of sp³-hybridized carbons (Fsp3) is 0.391. The van der Waals surface area contributed by atoms with E-state index in [0.717, 1.165) is 12.8 Å². The number of fused-ring (bicyclic) bond motifs is 3. The molecule has 0 aliphatic heterocycles. The van der Waals surface area contributed by atoms with Gasteiger partial charge in [0, 0.05) is 0 Å². The fourth-order valence-electron chi connectivity index (χ4n) is 9.06. The van der Waals surface area contributed by atoms with E-state index in [-0.39, 0.29) is 46.5 Å². The van der Waals surface area contributed by atoms with Gasteiger partial charge >= 0.3 is 297 Å². The van der Waals surface area contributed by atoms with Crippen LogP contribution in [-0.2, 0) is 45.2 Å². The molecule has 50 heavy (non-hydrogen) atoms. The second-order valence-corrected chi connectivity index (χ2v) is 49.2. The van der Waals surface area contributed by atoms with Crippen LogP contribution in [0.1, 0.15) is 123 Å². The molecule has 0 saturated heterocycles. The van der Waals surface area contributed by atoms with Gasteiger partial charge < -0.3 is 0 Å². The summed E-state index contributed by atoms with van der Waals surface area (Å²) < 4.78 is 6.52. The van der Waals surface area contributed by atoms with E-state index in [1.165, 1.54) is 33.4 Å². The molecule has 4 aromatic rings. The van der Waals surface area contributed by atoms with Crippen molar-refractivity contribution in [3.05, 3.63) is 134 Å². The summed E-state index contributed by atoms with van der Waals surface area (Å²) in [5.74, 6) is 0. The largest absolute Gasteiger partial charge is 0.147 e. The molecule has 0 amide bonds. The van der Waals surface area contributed by atoms with E-state index in [1.54, 1.807) is 24.4 Å². The number of allylic oxidation sites excluding steroid dienone is 4. The second kappa shape index (κ2) is 13.5. The van der Waals surface area contributed by atoms with Gasteiger partial charge in [-0.3, -0.25) is 0 Å². The van der Waals surface area contributed by atoms with Crippen LogP contribution in [0.25, 0.3) is 11.1 Å². The molecule has 2 aliphatic rings. The molecule has 0 heterocycles. The van der Waals surface area contributed by atoms with E-state index in [9.17, 15) is 0 Å². The van der Waals surface area contributed by atoms with Crippen molar-refractivity contribution in [2.45, 2.75) is 118 Å². The maximum Gasteiger partial charge on any atom is -0.147 e. The Morgan fingerprint density at radius 1 is 0.560 bits per heavy atom. The van der Waals surface area contributed by atoms with E-state index in [4.69, 9.17) is 0 Å². The molecule has 0 aromatic heterocycles. The third-order valence-electron chi connectivity index (χ3n) is 11.4. The summed E-state index contributed by atoms with van der Waals surface area (Å²) in [5.41, 5.74) is 12.2. The molecular weight excluding hydrogens is 830 g/mol. The Morgan fingerprint density at radius 3 is 1.44 bits per heavy atom. The molecule has 0 spiro atoms. The van der Waals surface area contributed by atoms with Gasteiger partial charge in [-0.05, 0) is 0 Å². The van der Waals surface area contributed by atoms with Gasteiger partial charge in [0.2, 0.25) is 0 Å². The maximum absolute atomic E-state index is 4.84. The van der Waals surface area contributed by atoms with Crippen LogP contribution in [-0.4, -0.2) is 6.94 Å². The first kappa shape index (κ1) is 40.8. The summed E-state index contributed by atoms with van der Waals surface area (Å²) in [7, 11) is 0. The Balaban J connectivity index is 0.00000281. The normalized spacial score (nSPS) is 14.8. The quantitative estimate of drug-likeness (QED) is 0.158. The first-order chi connectivity index (χ1) is 22.2. The zero-order valence-corrected chi connectivity index (χ0v) is 39.3. The first-order valence-corrected chi connectivity index (χ1v) is 33.6. The Morgan fingerprint density at radius 2 is 1.02 bits per heavy atom. The Kier molecular flexibility index (Phi) is 11.0. The molecule has 4 aromatic carbocycles. The molecule has 4 heteroatoms. The van der Waals surface area contributed by atoms with Crippen LogP contribution in [0, 0.1) is 0 Å². The van der Waals surface area contributed by atoms with Crippen LogP contribution in [0.3, 0.4) is 0 Å². The zero-order chi connectivity index (χ0) is 35.1. The molecule has 266 valence electrons. The number of halogens is 2. The van der Waals surface area contributed by atoms with Gasteiger partial charge in [-0.1, -0.05) is 0 Å². The van der Waals surface area contributed by atoms with Crippen molar-refractivity contribution < 1.29 is 17.1 Å². The predicted molar refractivity (Wildman–Crippen MR) is 226 cm³/mol. The Labute approximate surface area is 319 Å². The third kappa shape index (κ3) is 6.37. The third-order valence-corrected chi connectivity index (χ3v) is 48.6. The van der Waals surface area contributed by atoms with Gasteiger partial charge in [-0.25, -0.2) is 0 Å². The molecule has 0 bridgehead atoms. The van der Waals surface area contributed by atoms with Gasteiger partial charge in [-0.2, -0.15) is 0 Å². The first-order valence-electron chi connectivity index (χ1n) is 18.1. The Hall–Kier alpha value is -1.97. The maximum atomic E-state index is 2.65. The summed E-state index contributed by atoms with van der Waals surface area (Å²) >= 11 is -4.84. The fourth-order valence-corrected chi connectivity index (χ4v) is 42.7. The molecular formula is C46H60Cl2HfSi. The van der Waals surface area contributed by atoms with E-state index in [2.05, 4.69) is 187 Å². The molecule has 0 atom stereocenters. The van der Waals surface area contributed by atoms with E-state index < -0.39 is 17.1 Å². The van der Waals surface area contributed by atoms with E-state index >= 15 is 0 Å². The van der Waals surface area contributed by atoms with E-state index in [1.807, 2.05) is 0 Å². The van der Waals surface area contributed by atoms with Crippen LogP contribution < -0.4 is 9.96 Å². The second-order valence-electron chi connectivity index (χ2n) is 18.9. The minimum absolute atomic E-state index is 0. The van der Waals surface area contributed by atoms with Crippen molar-refractivity contribution in [1.82, 2.24) is 0 Å². The minimum Gasteiger partial charge on any atom is -0.147 e. The van der Waals surface area contributed by atoms with Crippen molar-refractivity contribution in [3.8, 4) is 11.1 Å². The molecule has 0 nitrogen and oxygen atoms in total. The van der Waals surface area contributed by atoms with Crippen LogP contribution in [0.2, 0.25) is 0 Å². The molecule has 0 saturated carbocycles. The standard InChI is InChI=1S/C29H41.2C6H5.C5H5.2ClH.Hf.H2Si/c1-26(2,3)22-14-18-13-19-15-23(27(4,5)6)25(29(10,11)12)17-21(19)20(18)16-24(22)28(7,8)9;2*1-2-4-6-5-3-1;1-2-4-5-3-1;;;;/h14,16-17H,13H2,1-12H3;2*1-5H;1-3H,4H2;2*1H;;1H2. The van der Waals surface area contributed by atoms with Gasteiger partial charge in [0.1, 0.15) is 0 Å². The summed E-state index contributed by atoms with van der Waals surface area (Å²) in [6.07, 6.45) is 9.30. The van der Waals surface area contributed by atoms with Crippen LogP contribution in [0.15, 0.2) is 100 Å². The molecule has 6 rings (SSSR count). The minimum atomic E-state index is -4.84. The average Bonchev–Trinajstić information content (AvgIpc) is 3.67. The monoisotopic (exact) mass is 890 g/mol. The molecule has 2 aliphatic carbocycles. The van der Waals surface area contributed by atoms with Gasteiger partial charge in [0.15, 0.2) is 0 Å². The van der Waals surface area contributed by atoms with Crippen molar-refractivity contribution >= 4 is 41.7 Å². The van der Waals surface area contributed by atoms with E-state index in [0.29, 0.717) is 0 Å². The van der Waals surface area contributed by atoms with Crippen molar-refractivity contribution in [1.29, 1.82) is 0 Å². The molecule has 0 N–H and O–H groups in total. The van der Waals surface area contributed by atoms with Crippen molar-refractivity contribution in [2.75, 3.05) is 0 Å². The number of rotatable bonds is 4. The summed E-state index contributed by atoms with van der Waals surface area (Å²) in [6, 6.07) is 31.5. The van der Waals surface area contributed by atoms with Gasteiger partial charge in [0.05, 0.1) is 0 Å². The van der Waals surface area contributed by atoms with Gasteiger partial charge in [-0.15, -0.1) is 24.8 Å². The molecule has 0 fully saturated rings. The van der Waals surface area contributed by atoms with Crippen molar-refractivity contribution in [3.63, 3.8) is 0 Å². The summed E-state index contributed by atoms with van der Waals surface area (Å²) in [6.45, 7) is 31.6. The smallest absolute Gasteiger partial charge is 0.147 e. The zero-order valence-electron chi connectivity index (χ0n) is 32.7. The van der Waals surface area contributed by atoms with Gasteiger partial charge in [0.25, 0.3) is 0 Å². The van der Waals surface area contributed by atoms with Crippen LogP contribution in [0.4, 0.5) is 0 Å². The summed E-state index contributed by atoms with van der Waals surface area (Å²) in [5, 5.41) is 0. The molecule has 0 unspecified atom stereocenters. The van der Waals surface area contributed by atoms with Crippen LogP contribution >= 0.6 is 24.8 Å². The predicted octanol–water partition coefficient (Wildman–Crippen LogP) is 10.6. The summed E-state index contributed by atoms with van der Waals surface area (Å²) in [4.78, 5) is 0. The number of hydrogen-bond acceptors (Lipinski definition) is 0. The number of hydrogen-bond donors (Lipinski definition) is 0. The number of benzene rings is 4. The molecule has 0 radical (unpaired) electrons. The topological polar surface area (TPSA) is 0 Å². The van der Waals surface area contributed by atoms with Crippen LogP contribution in [0.5, 0.6) is 0 Å².